The van der Waals surface area contributed by atoms with Crippen LogP contribution < -0.4 is 5.32 Å². The van der Waals surface area contributed by atoms with Crippen LogP contribution in [0.2, 0.25) is 0 Å². The predicted octanol–water partition coefficient (Wildman–Crippen LogP) is 1.74. The molecule has 20 heavy (non-hydrogen) atoms. The molecule has 0 saturated heterocycles. The normalized spacial score (nSPS) is 10.8. The van der Waals surface area contributed by atoms with Gasteiger partial charge in [-0.05, 0) is 0 Å². The van der Waals surface area contributed by atoms with Crippen molar-refractivity contribution in [3.05, 3.63) is 34.5 Å². The molecule has 0 aromatic carbocycles. The van der Waals surface area contributed by atoms with E-state index in [9.17, 15) is 9.90 Å². The number of aromatic nitrogens is 4. The molecule has 0 atom stereocenters. The Morgan fingerprint density at radius 1 is 1.45 bits per heavy atom. The number of carbonyl (C=O) groups is 1. The number of hydrogen-bond acceptors (Lipinski definition) is 6. The molecule has 0 saturated carbocycles. The Morgan fingerprint density at radius 2 is 2.30 bits per heavy atom. The lowest BCUT2D eigenvalue weighted by Gasteiger charge is -2.09. The number of pyridine rings is 1. The Kier molecular flexibility index (Phi) is 3.07. The fourth-order valence-corrected chi connectivity index (χ4v) is 2.51. The minimum absolute atomic E-state index is 0.127. The summed E-state index contributed by atoms with van der Waals surface area (Å²) in [6.45, 7) is 0.464. The van der Waals surface area contributed by atoms with E-state index in [0.717, 1.165) is 5.01 Å². The summed E-state index contributed by atoms with van der Waals surface area (Å²) >= 11 is 1.51. The number of hydrogen-bond donors (Lipinski definition) is 2. The number of carboxylic acids is 1. The summed E-state index contributed by atoms with van der Waals surface area (Å²) < 4.78 is 1.61. The molecule has 0 aliphatic heterocycles. The number of aryl methyl sites for hydroxylation is 1. The number of aromatic carboxylic acids is 1. The molecule has 3 heterocycles. The quantitative estimate of drug-likeness (QED) is 0.760. The van der Waals surface area contributed by atoms with Gasteiger partial charge >= 0.3 is 5.97 Å². The second-order valence-electron chi connectivity index (χ2n) is 4.14. The molecule has 8 heteroatoms. The smallest absolute Gasteiger partial charge is 0.339 e. The average molecular weight is 289 g/mol. The number of thiazole rings is 1. The number of nitrogens with zero attached hydrogens (tertiary/aromatic N) is 4. The van der Waals surface area contributed by atoms with E-state index in [2.05, 4.69) is 20.4 Å². The van der Waals surface area contributed by atoms with Crippen LogP contribution in [0, 0.1) is 0 Å². The molecule has 0 spiro atoms. The molecular formula is C12H11N5O2S. The van der Waals surface area contributed by atoms with Crippen molar-refractivity contribution in [3.63, 3.8) is 0 Å². The molecule has 0 unspecified atom stereocenters. The van der Waals surface area contributed by atoms with Crippen LogP contribution >= 0.6 is 11.3 Å². The highest BCUT2D eigenvalue weighted by atomic mass is 32.1. The van der Waals surface area contributed by atoms with Crippen LogP contribution in [0.15, 0.2) is 24.0 Å². The molecule has 0 amide bonds. The zero-order chi connectivity index (χ0) is 14.1. The third-order valence-corrected chi connectivity index (χ3v) is 3.67. The van der Waals surface area contributed by atoms with Gasteiger partial charge in [0.2, 0.25) is 0 Å². The topological polar surface area (TPSA) is 92.9 Å². The van der Waals surface area contributed by atoms with Gasteiger partial charge < -0.3 is 10.4 Å². The van der Waals surface area contributed by atoms with E-state index in [1.807, 2.05) is 5.38 Å². The maximum atomic E-state index is 11.3. The van der Waals surface area contributed by atoms with Crippen molar-refractivity contribution in [1.82, 2.24) is 19.7 Å². The van der Waals surface area contributed by atoms with Crippen LogP contribution in [0.25, 0.3) is 11.0 Å². The molecule has 0 aliphatic carbocycles. The fraction of sp³-hybridized carbons (Fsp3) is 0.167. The molecule has 0 aliphatic rings. The van der Waals surface area contributed by atoms with Crippen molar-refractivity contribution in [2.45, 2.75) is 6.54 Å². The van der Waals surface area contributed by atoms with Crippen LogP contribution in [0.4, 0.5) is 5.69 Å². The van der Waals surface area contributed by atoms with Crippen LogP contribution in [-0.4, -0.2) is 30.8 Å². The number of anilines is 1. The maximum absolute atomic E-state index is 11.3. The summed E-state index contributed by atoms with van der Waals surface area (Å²) in [5.41, 5.74) is 1.28. The van der Waals surface area contributed by atoms with Crippen molar-refractivity contribution < 1.29 is 9.90 Å². The van der Waals surface area contributed by atoms with E-state index < -0.39 is 5.97 Å². The maximum Gasteiger partial charge on any atom is 0.339 e. The van der Waals surface area contributed by atoms with E-state index >= 15 is 0 Å². The van der Waals surface area contributed by atoms with Gasteiger partial charge in [-0.3, -0.25) is 4.68 Å². The Bertz CT molecular complexity index is 766. The number of rotatable bonds is 4. The second kappa shape index (κ2) is 4.89. The number of nitrogens with one attached hydrogen (secondary N) is 1. The van der Waals surface area contributed by atoms with Crippen molar-refractivity contribution in [1.29, 1.82) is 0 Å². The first-order valence-corrected chi connectivity index (χ1v) is 6.71. The minimum Gasteiger partial charge on any atom is -0.478 e. The van der Waals surface area contributed by atoms with Gasteiger partial charge in [0.15, 0.2) is 5.65 Å². The van der Waals surface area contributed by atoms with E-state index in [4.69, 9.17) is 0 Å². The molecule has 3 aromatic heterocycles. The summed E-state index contributed by atoms with van der Waals surface area (Å²) in [5.74, 6) is -1.02. The summed E-state index contributed by atoms with van der Waals surface area (Å²) in [6.07, 6.45) is 4.67. The van der Waals surface area contributed by atoms with Gasteiger partial charge in [0.05, 0.1) is 23.8 Å². The van der Waals surface area contributed by atoms with Gasteiger partial charge in [0.1, 0.15) is 10.6 Å². The van der Waals surface area contributed by atoms with Crippen LogP contribution in [0.1, 0.15) is 15.4 Å². The first-order valence-electron chi connectivity index (χ1n) is 5.83. The lowest BCUT2D eigenvalue weighted by Crippen LogP contribution is -2.08. The van der Waals surface area contributed by atoms with Crippen molar-refractivity contribution in [2.75, 3.05) is 5.32 Å². The zero-order valence-corrected chi connectivity index (χ0v) is 11.4. The lowest BCUT2D eigenvalue weighted by atomic mass is 10.2. The summed E-state index contributed by atoms with van der Waals surface area (Å²) in [5, 5.41) is 20.0. The third kappa shape index (κ3) is 2.10. The predicted molar refractivity (Wildman–Crippen MR) is 74.9 cm³/mol. The summed E-state index contributed by atoms with van der Waals surface area (Å²) in [4.78, 5) is 19.6. The highest BCUT2D eigenvalue weighted by molar-refractivity contribution is 7.09. The van der Waals surface area contributed by atoms with E-state index in [-0.39, 0.29) is 5.56 Å². The van der Waals surface area contributed by atoms with Gasteiger partial charge in [-0.1, -0.05) is 0 Å². The SMILES string of the molecule is Cn1ncc2c(NCc3nccs3)c(C(=O)O)cnc21. The lowest BCUT2D eigenvalue weighted by molar-refractivity contribution is 0.0697. The Balaban J connectivity index is 2.05. The van der Waals surface area contributed by atoms with E-state index in [1.165, 1.54) is 17.5 Å². The first-order chi connectivity index (χ1) is 9.66. The van der Waals surface area contributed by atoms with Crippen molar-refractivity contribution in [3.8, 4) is 0 Å². The Hall–Kier alpha value is -2.48. The highest BCUT2D eigenvalue weighted by Crippen LogP contribution is 2.26. The third-order valence-electron chi connectivity index (χ3n) is 2.89. The summed E-state index contributed by atoms with van der Waals surface area (Å²) in [6, 6.07) is 0. The van der Waals surface area contributed by atoms with Gasteiger partial charge in [-0.25, -0.2) is 14.8 Å². The average Bonchev–Trinajstić information content (AvgIpc) is 3.06. The fourth-order valence-electron chi connectivity index (χ4n) is 1.95. The monoisotopic (exact) mass is 289 g/mol. The van der Waals surface area contributed by atoms with E-state index in [1.54, 1.807) is 24.1 Å². The largest absolute Gasteiger partial charge is 0.478 e. The van der Waals surface area contributed by atoms with Gasteiger partial charge in [-0.15, -0.1) is 11.3 Å². The van der Waals surface area contributed by atoms with Gasteiger partial charge in [0.25, 0.3) is 0 Å². The first kappa shape index (κ1) is 12.5. The minimum atomic E-state index is -1.02. The molecule has 0 fully saturated rings. The van der Waals surface area contributed by atoms with Gasteiger partial charge in [-0.2, -0.15) is 5.10 Å². The molecule has 7 nitrogen and oxygen atoms in total. The standard InChI is InChI=1S/C12H11N5O2S/c1-17-11-7(5-16-17)10(8(4-15-11)12(18)19)14-6-9-13-2-3-20-9/h2-5H,6H2,1H3,(H,14,15)(H,18,19). The van der Waals surface area contributed by atoms with Gasteiger partial charge in [0, 0.05) is 24.8 Å². The molecule has 2 N–H and O–H groups in total. The molecule has 3 aromatic rings. The van der Waals surface area contributed by atoms with Crippen LogP contribution in [-0.2, 0) is 13.6 Å². The molecular weight excluding hydrogens is 278 g/mol. The Morgan fingerprint density at radius 3 is 3.00 bits per heavy atom. The Labute approximate surface area is 117 Å². The van der Waals surface area contributed by atoms with Crippen molar-refractivity contribution >= 4 is 34.0 Å². The molecule has 0 radical (unpaired) electrons. The number of fused-ring (bicyclic) bond motifs is 1. The van der Waals surface area contributed by atoms with Crippen LogP contribution in [0.5, 0.6) is 0 Å². The molecule has 3 rings (SSSR count). The van der Waals surface area contributed by atoms with E-state index in [0.29, 0.717) is 23.3 Å². The second-order valence-corrected chi connectivity index (χ2v) is 5.12. The van der Waals surface area contributed by atoms with Crippen molar-refractivity contribution in [2.24, 2.45) is 7.05 Å². The highest BCUT2D eigenvalue weighted by Gasteiger charge is 2.16. The zero-order valence-electron chi connectivity index (χ0n) is 10.6. The number of carboxylic acid groups (broad SMARTS) is 1. The molecule has 102 valence electrons. The summed E-state index contributed by atoms with van der Waals surface area (Å²) in [7, 11) is 1.76. The molecule has 0 bridgehead atoms. The van der Waals surface area contributed by atoms with Crippen LogP contribution in [0.3, 0.4) is 0 Å².